The van der Waals surface area contributed by atoms with Crippen LogP contribution in [0, 0.1) is 0 Å². The first kappa shape index (κ1) is 8.19. The monoisotopic (exact) mass is 165 g/mol. The molecule has 0 aliphatic rings. The van der Waals surface area contributed by atoms with Crippen molar-refractivity contribution >= 4 is 11.9 Å². The lowest BCUT2D eigenvalue weighted by molar-refractivity contribution is 0.316. The molecular formula is C7H7N3O2. The maximum Gasteiger partial charge on any atom is 0.131 e. The Balaban J connectivity index is 2.97. The summed E-state index contributed by atoms with van der Waals surface area (Å²) in [5.41, 5.74) is 0.810. The topological polar surface area (TPSA) is 78.1 Å². The Hall–Kier alpha value is -1.91. The average molecular weight is 165 g/mol. The van der Waals surface area contributed by atoms with Crippen molar-refractivity contribution in [2.75, 3.05) is 0 Å². The van der Waals surface area contributed by atoms with Gasteiger partial charge in [-0.25, -0.2) is 0 Å². The molecule has 0 saturated heterocycles. The zero-order valence-electron chi connectivity index (χ0n) is 6.12. The third-order valence-electron chi connectivity index (χ3n) is 1.26. The van der Waals surface area contributed by atoms with Gasteiger partial charge in [-0.05, 0) is 12.1 Å². The Morgan fingerprint density at radius 1 is 1.33 bits per heavy atom. The lowest BCUT2D eigenvalue weighted by Crippen LogP contribution is -2.02. The fourth-order valence-corrected chi connectivity index (χ4v) is 0.735. The van der Waals surface area contributed by atoms with Crippen molar-refractivity contribution in [3.8, 4) is 0 Å². The highest BCUT2D eigenvalue weighted by Crippen LogP contribution is 1.96. The van der Waals surface area contributed by atoms with E-state index in [1.165, 1.54) is 0 Å². The van der Waals surface area contributed by atoms with Gasteiger partial charge in [0.15, 0.2) is 0 Å². The fourth-order valence-electron chi connectivity index (χ4n) is 0.735. The molecule has 0 radical (unpaired) electrons. The molecule has 0 spiro atoms. The second-order valence-corrected chi connectivity index (χ2v) is 1.97. The molecular weight excluding hydrogens is 158 g/mol. The van der Waals surface area contributed by atoms with Gasteiger partial charge in [-0.2, -0.15) is 0 Å². The molecule has 0 atom stereocenters. The van der Waals surface area contributed by atoms with E-state index in [9.17, 15) is 0 Å². The van der Waals surface area contributed by atoms with Gasteiger partial charge in [0.2, 0.25) is 0 Å². The van der Waals surface area contributed by atoms with Crippen molar-refractivity contribution in [1.29, 1.82) is 0 Å². The summed E-state index contributed by atoms with van der Waals surface area (Å²) < 4.78 is 0. The number of rotatable bonds is 2. The molecule has 5 nitrogen and oxygen atoms in total. The molecule has 0 aromatic carbocycles. The van der Waals surface area contributed by atoms with Crippen molar-refractivity contribution < 1.29 is 10.4 Å². The first-order chi connectivity index (χ1) is 5.88. The highest BCUT2D eigenvalue weighted by molar-refractivity contribution is 6.37. The van der Waals surface area contributed by atoms with Crippen LogP contribution in [0.1, 0.15) is 5.56 Å². The zero-order valence-corrected chi connectivity index (χ0v) is 6.12. The molecule has 1 aromatic rings. The van der Waals surface area contributed by atoms with Gasteiger partial charge in [0.25, 0.3) is 0 Å². The number of pyridine rings is 1. The third-order valence-corrected chi connectivity index (χ3v) is 1.26. The van der Waals surface area contributed by atoms with Gasteiger partial charge in [-0.1, -0.05) is 10.3 Å². The van der Waals surface area contributed by atoms with Crippen LogP contribution >= 0.6 is 0 Å². The summed E-state index contributed by atoms with van der Waals surface area (Å²) >= 11 is 0. The highest BCUT2D eigenvalue weighted by Gasteiger charge is 1.99. The predicted molar refractivity (Wildman–Crippen MR) is 42.8 cm³/mol. The molecule has 1 aromatic heterocycles. The minimum atomic E-state index is 0.180. The van der Waals surface area contributed by atoms with Crippen LogP contribution in [-0.2, 0) is 0 Å². The first-order valence-electron chi connectivity index (χ1n) is 3.18. The van der Waals surface area contributed by atoms with Gasteiger partial charge in [0, 0.05) is 18.0 Å². The van der Waals surface area contributed by atoms with Crippen LogP contribution in [0.5, 0.6) is 0 Å². The molecule has 0 fully saturated rings. The van der Waals surface area contributed by atoms with Crippen molar-refractivity contribution in [3.63, 3.8) is 0 Å². The summed E-state index contributed by atoms with van der Waals surface area (Å²) in [7, 11) is 0. The second-order valence-electron chi connectivity index (χ2n) is 1.97. The maximum atomic E-state index is 8.48. The molecule has 0 unspecified atom stereocenters. The van der Waals surface area contributed by atoms with Crippen molar-refractivity contribution in [2.45, 2.75) is 0 Å². The minimum absolute atomic E-state index is 0.180. The van der Waals surface area contributed by atoms with Gasteiger partial charge >= 0.3 is 0 Å². The largest absolute Gasteiger partial charge is 0.411 e. The third kappa shape index (κ3) is 1.79. The van der Waals surface area contributed by atoms with Crippen LogP contribution in [0.25, 0.3) is 0 Å². The molecule has 0 bridgehead atoms. The van der Waals surface area contributed by atoms with Crippen LogP contribution in [0.2, 0.25) is 0 Å². The van der Waals surface area contributed by atoms with Gasteiger partial charge in [0.1, 0.15) is 5.71 Å². The standard InChI is InChI=1S/C7H7N3O2/c11-9-5-7(10-12)6-1-3-8-4-2-6/h1-5,11-12H/b9-5+,10-7-. The van der Waals surface area contributed by atoms with E-state index in [0.29, 0.717) is 5.56 Å². The van der Waals surface area contributed by atoms with Gasteiger partial charge in [-0.3, -0.25) is 4.98 Å². The highest BCUT2D eigenvalue weighted by atomic mass is 16.4. The van der Waals surface area contributed by atoms with Crippen molar-refractivity contribution in [3.05, 3.63) is 30.1 Å². The normalized spacial score (nSPS) is 12.2. The Morgan fingerprint density at radius 3 is 2.50 bits per heavy atom. The first-order valence-corrected chi connectivity index (χ1v) is 3.18. The lowest BCUT2D eigenvalue weighted by atomic mass is 10.2. The van der Waals surface area contributed by atoms with Crippen molar-refractivity contribution in [2.24, 2.45) is 10.3 Å². The molecule has 12 heavy (non-hydrogen) atoms. The van der Waals surface area contributed by atoms with Crippen LogP contribution in [0.15, 0.2) is 34.8 Å². The molecule has 0 aliphatic heterocycles. The quantitative estimate of drug-likeness (QED) is 0.385. The maximum absolute atomic E-state index is 8.48. The van der Waals surface area contributed by atoms with E-state index in [-0.39, 0.29) is 5.71 Å². The van der Waals surface area contributed by atoms with E-state index in [2.05, 4.69) is 15.3 Å². The number of hydrogen-bond donors (Lipinski definition) is 2. The van der Waals surface area contributed by atoms with E-state index in [1.54, 1.807) is 24.5 Å². The second kappa shape index (κ2) is 4.07. The van der Waals surface area contributed by atoms with E-state index >= 15 is 0 Å². The van der Waals surface area contributed by atoms with Crippen LogP contribution < -0.4 is 0 Å². The Bertz CT molecular complexity index is 295. The molecule has 0 aliphatic carbocycles. The van der Waals surface area contributed by atoms with Crippen LogP contribution in [-0.4, -0.2) is 27.3 Å². The zero-order chi connectivity index (χ0) is 8.81. The summed E-state index contributed by atoms with van der Waals surface area (Å²) in [4.78, 5) is 3.78. The minimum Gasteiger partial charge on any atom is -0.411 e. The SMILES string of the molecule is O/N=C/C(=N/O)c1ccncc1. The Labute approximate surface area is 68.7 Å². The smallest absolute Gasteiger partial charge is 0.131 e. The van der Waals surface area contributed by atoms with Crippen LogP contribution in [0.4, 0.5) is 0 Å². The van der Waals surface area contributed by atoms with Crippen molar-refractivity contribution in [1.82, 2.24) is 4.98 Å². The van der Waals surface area contributed by atoms with E-state index in [4.69, 9.17) is 10.4 Å². The molecule has 1 heterocycles. The number of hydrogen-bond acceptors (Lipinski definition) is 5. The summed E-state index contributed by atoms with van der Waals surface area (Å²) in [6.45, 7) is 0. The molecule has 1 rings (SSSR count). The van der Waals surface area contributed by atoms with Gasteiger partial charge < -0.3 is 10.4 Å². The Kier molecular flexibility index (Phi) is 2.78. The molecule has 5 heteroatoms. The molecule has 0 amide bonds. The summed E-state index contributed by atoms with van der Waals surface area (Å²) in [5, 5.41) is 22.3. The average Bonchev–Trinajstić information content (AvgIpc) is 2.15. The fraction of sp³-hybridized carbons (Fsp3) is 0. The summed E-state index contributed by atoms with van der Waals surface area (Å²) in [6, 6.07) is 3.27. The Morgan fingerprint density at radius 2 is 2.00 bits per heavy atom. The molecule has 62 valence electrons. The van der Waals surface area contributed by atoms with E-state index in [1.807, 2.05) is 0 Å². The number of nitrogens with zero attached hydrogens (tertiary/aromatic N) is 3. The molecule has 0 saturated carbocycles. The lowest BCUT2D eigenvalue weighted by Gasteiger charge is -1.94. The summed E-state index contributed by atoms with van der Waals surface area (Å²) in [5.74, 6) is 0. The van der Waals surface area contributed by atoms with Crippen LogP contribution in [0.3, 0.4) is 0 Å². The van der Waals surface area contributed by atoms with E-state index in [0.717, 1.165) is 6.21 Å². The van der Waals surface area contributed by atoms with Gasteiger partial charge in [0.05, 0.1) is 6.21 Å². The van der Waals surface area contributed by atoms with Gasteiger partial charge in [-0.15, -0.1) is 0 Å². The number of oxime groups is 2. The van der Waals surface area contributed by atoms with E-state index < -0.39 is 0 Å². The number of aromatic nitrogens is 1. The molecule has 2 N–H and O–H groups in total. The summed E-state index contributed by atoms with van der Waals surface area (Å²) in [6.07, 6.45) is 4.13. The predicted octanol–water partition coefficient (Wildman–Crippen LogP) is 0.720.